The normalized spacial score (nSPS) is 13.9. The third-order valence-corrected chi connectivity index (χ3v) is 5.88. The number of benzene rings is 2. The lowest BCUT2D eigenvalue weighted by Gasteiger charge is -2.23. The van der Waals surface area contributed by atoms with Crippen molar-refractivity contribution in [3.8, 4) is 17.2 Å². The molecule has 1 atom stereocenters. The standard InChI is InChI=1S/C24H26FN3O5S/c1-15(2)23(16-4-9-19-20(12-16)31-11-3-10-30-19)26-21(29)14-34-24-28-27-22(33-24)13-32-18-7-5-17(25)6-8-18/h4-9,12,15,23H,3,10-11,13-14H2,1-2H3,(H,26,29). The number of rotatable bonds is 9. The first-order valence-electron chi connectivity index (χ1n) is 11.0. The number of aromatic nitrogens is 2. The SMILES string of the molecule is CC(C)C(NC(=O)CSc1nnc(COc2ccc(F)cc2)o1)c1ccc2c(c1)OCCCO2. The molecule has 0 saturated heterocycles. The van der Waals surface area contributed by atoms with Crippen LogP contribution in [0.15, 0.2) is 52.1 Å². The first-order valence-corrected chi connectivity index (χ1v) is 12.0. The summed E-state index contributed by atoms with van der Waals surface area (Å²) in [7, 11) is 0. The van der Waals surface area contributed by atoms with Gasteiger partial charge in [-0.15, -0.1) is 10.2 Å². The Morgan fingerprint density at radius 1 is 1.12 bits per heavy atom. The van der Waals surface area contributed by atoms with Gasteiger partial charge in [-0.05, 0) is 47.9 Å². The van der Waals surface area contributed by atoms with E-state index in [4.69, 9.17) is 18.6 Å². The maximum atomic E-state index is 13.0. The molecule has 34 heavy (non-hydrogen) atoms. The molecule has 1 aromatic heterocycles. The van der Waals surface area contributed by atoms with Crippen molar-refractivity contribution in [1.29, 1.82) is 0 Å². The highest BCUT2D eigenvalue weighted by Crippen LogP contribution is 2.34. The van der Waals surface area contributed by atoms with E-state index in [2.05, 4.69) is 15.5 Å². The largest absolute Gasteiger partial charge is 0.490 e. The molecular formula is C24H26FN3O5S. The van der Waals surface area contributed by atoms with Crippen LogP contribution < -0.4 is 19.5 Å². The van der Waals surface area contributed by atoms with Crippen LogP contribution in [0.1, 0.15) is 37.8 Å². The van der Waals surface area contributed by atoms with Gasteiger partial charge in [-0.3, -0.25) is 4.79 Å². The van der Waals surface area contributed by atoms with Gasteiger partial charge in [-0.2, -0.15) is 0 Å². The first-order chi connectivity index (χ1) is 16.5. The Hall–Kier alpha value is -3.27. The summed E-state index contributed by atoms with van der Waals surface area (Å²) in [5.74, 6) is 1.96. The lowest BCUT2D eigenvalue weighted by molar-refractivity contribution is -0.119. The molecule has 3 aromatic rings. The number of hydrogen-bond acceptors (Lipinski definition) is 8. The molecule has 1 aliphatic heterocycles. The van der Waals surface area contributed by atoms with E-state index in [0.29, 0.717) is 24.7 Å². The molecule has 4 rings (SSSR count). The van der Waals surface area contributed by atoms with E-state index in [1.54, 1.807) is 0 Å². The van der Waals surface area contributed by atoms with Crippen LogP contribution in [0.2, 0.25) is 0 Å². The van der Waals surface area contributed by atoms with Gasteiger partial charge in [0.2, 0.25) is 5.91 Å². The van der Waals surface area contributed by atoms with Gasteiger partial charge in [0.15, 0.2) is 18.1 Å². The average molecular weight is 488 g/mol. The second-order valence-corrected chi connectivity index (χ2v) is 8.97. The van der Waals surface area contributed by atoms with E-state index in [1.807, 2.05) is 32.0 Å². The Morgan fingerprint density at radius 3 is 2.65 bits per heavy atom. The minimum absolute atomic E-state index is 0.0466. The molecule has 0 bridgehead atoms. The van der Waals surface area contributed by atoms with Crippen molar-refractivity contribution in [1.82, 2.24) is 15.5 Å². The number of fused-ring (bicyclic) bond motifs is 1. The van der Waals surface area contributed by atoms with E-state index in [0.717, 1.165) is 29.5 Å². The Bertz CT molecular complexity index is 1110. The molecule has 2 heterocycles. The monoisotopic (exact) mass is 487 g/mol. The van der Waals surface area contributed by atoms with Crippen LogP contribution in [0.3, 0.4) is 0 Å². The molecule has 1 aliphatic rings. The van der Waals surface area contributed by atoms with Crippen LogP contribution in [0, 0.1) is 11.7 Å². The van der Waals surface area contributed by atoms with Crippen molar-refractivity contribution in [2.75, 3.05) is 19.0 Å². The second kappa shape index (κ2) is 11.2. The van der Waals surface area contributed by atoms with Gasteiger partial charge in [0.1, 0.15) is 11.6 Å². The van der Waals surface area contributed by atoms with Crippen molar-refractivity contribution < 1.29 is 27.8 Å². The zero-order chi connectivity index (χ0) is 23.9. The van der Waals surface area contributed by atoms with Crippen LogP contribution in [0.4, 0.5) is 4.39 Å². The molecule has 0 aliphatic carbocycles. The van der Waals surface area contributed by atoms with Crippen LogP contribution in [-0.4, -0.2) is 35.1 Å². The fourth-order valence-electron chi connectivity index (χ4n) is 3.38. The summed E-state index contributed by atoms with van der Waals surface area (Å²) in [4.78, 5) is 12.7. The molecule has 10 heteroatoms. The molecule has 0 radical (unpaired) electrons. The molecule has 0 spiro atoms. The first kappa shape index (κ1) is 23.9. The van der Waals surface area contributed by atoms with E-state index in [-0.39, 0.29) is 47.2 Å². The Kier molecular flexibility index (Phi) is 7.89. The molecule has 180 valence electrons. The summed E-state index contributed by atoms with van der Waals surface area (Å²) in [6.07, 6.45) is 0.835. The Labute approximate surface area is 201 Å². The number of hydrogen-bond donors (Lipinski definition) is 1. The highest BCUT2D eigenvalue weighted by atomic mass is 32.2. The van der Waals surface area contributed by atoms with E-state index >= 15 is 0 Å². The number of nitrogens with one attached hydrogen (secondary N) is 1. The molecule has 1 amide bonds. The van der Waals surface area contributed by atoms with Crippen LogP contribution in [0.5, 0.6) is 17.2 Å². The Balaban J connectivity index is 1.30. The Morgan fingerprint density at radius 2 is 1.88 bits per heavy atom. The van der Waals surface area contributed by atoms with Crippen molar-refractivity contribution in [3.63, 3.8) is 0 Å². The van der Waals surface area contributed by atoms with E-state index in [1.165, 1.54) is 24.3 Å². The molecule has 1 N–H and O–H groups in total. The third kappa shape index (κ3) is 6.40. The maximum Gasteiger partial charge on any atom is 0.277 e. The number of thioether (sulfide) groups is 1. The van der Waals surface area contributed by atoms with Crippen LogP contribution in [0.25, 0.3) is 0 Å². The topological polar surface area (TPSA) is 95.7 Å². The zero-order valence-corrected chi connectivity index (χ0v) is 19.8. The fraction of sp³-hybridized carbons (Fsp3) is 0.375. The van der Waals surface area contributed by atoms with Crippen molar-refractivity contribution in [2.45, 2.75) is 38.1 Å². The van der Waals surface area contributed by atoms with Gasteiger partial charge in [0.05, 0.1) is 25.0 Å². The summed E-state index contributed by atoms with van der Waals surface area (Å²) in [6, 6.07) is 11.2. The maximum absolute atomic E-state index is 13.0. The van der Waals surface area contributed by atoms with Gasteiger partial charge in [-0.1, -0.05) is 31.7 Å². The average Bonchev–Trinajstić information content (AvgIpc) is 3.16. The van der Waals surface area contributed by atoms with Gasteiger partial charge in [-0.25, -0.2) is 4.39 Å². The van der Waals surface area contributed by atoms with Crippen molar-refractivity contribution in [2.24, 2.45) is 5.92 Å². The highest BCUT2D eigenvalue weighted by Gasteiger charge is 2.21. The number of carbonyl (C=O) groups is 1. The molecule has 0 fully saturated rings. The quantitative estimate of drug-likeness (QED) is 0.439. The second-order valence-electron chi connectivity index (χ2n) is 8.04. The van der Waals surface area contributed by atoms with Crippen molar-refractivity contribution in [3.05, 3.63) is 59.7 Å². The van der Waals surface area contributed by atoms with Gasteiger partial charge < -0.3 is 23.9 Å². The van der Waals surface area contributed by atoms with Gasteiger partial charge in [0, 0.05) is 6.42 Å². The lowest BCUT2D eigenvalue weighted by atomic mass is 9.95. The predicted octanol–water partition coefficient (Wildman–Crippen LogP) is 4.55. The molecule has 0 saturated carbocycles. The summed E-state index contributed by atoms with van der Waals surface area (Å²) in [5, 5.41) is 11.2. The summed E-state index contributed by atoms with van der Waals surface area (Å²) in [6.45, 7) is 5.38. The highest BCUT2D eigenvalue weighted by molar-refractivity contribution is 7.99. The van der Waals surface area contributed by atoms with Gasteiger partial charge >= 0.3 is 0 Å². The van der Waals surface area contributed by atoms with Crippen molar-refractivity contribution >= 4 is 17.7 Å². The molecule has 1 unspecified atom stereocenters. The van der Waals surface area contributed by atoms with Gasteiger partial charge in [0.25, 0.3) is 11.1 Å². The number of nitrogens with zero attached hydrogens (tertiary/aromatic N) is 2. The minimum Gasteiger partial charge on any atom is -0.490 e. The predicted molar refractivity (Wildman–Crippen MR) is 124 cm³/mol. The van der Waals surface area contributed by atoms with Crippen LogP contribution >= 0.6 is 11.8 Å². The summed E-state index contributed by atoms with van der Waals surface area (Å²) in [5.41, 5.74) is 0.954. The summed E-state index contributed by atoms with van der Waals surface area (Å²) < 4.78 is 35.5. The third-order valence-electron chi connectivity index (χ3n) is 5.06. The summed E-state index contributed by atoms with van der Waals surface area (Å²) >= 11 is 1.15. The molecule has 8 nitrogen and oxygen atoms in total. The number of amides is 1. The molecular weight excluding hydrogens is 461 g/mol. The zero-order valence-electron chi connectivity index (χ0n) is 19.0. The minimum atomic E-state index is -0.341. The number of halogens is 1. The lowest BCUT2D eigenvalue weighted by Crippen LogP contribution is -2.33. The number of carbonyl (C=O) groups excluding carboxylic acids is 1. The van der Waals surface area contributed by atoms with E-state index in [9.17, 15) is 9.18 Å². The van der Waals surface area contributed by atoms with Crippen LogP contribution in [-0.2, 0) is 11.4 Å². The number of ether oxygens (including phenoxy) is 3. The fourth-order valence-corrected chi connectivity index (χ4v) is 3.97. The molecule has 2 aromatic carbocycles. The van der Waals surface area contributed by atoms with E-state index < -0.39 is 0 Å². The smallest absolute Gasteiger partial charge is 0.277 e.